The van der Waals surface area contributed by atoms with Crippen molar-refractivity contribution in [1.29, 1.82) is 0 Å². The van der Waals surface area contributed by atoms with Crippen molar-refractivity contribution in [2.45, 2.75) is 16.4 Å². The highest BCUT2D eigenvalue weighted by Gasteiger charge is 2.15. The van der Waals surface area contributed by atoms with Gasteiger partial charge in [-0.25, -0.2) is 0 Å². The molecule has 0 saturated carbocycles. The van der Waals surface area contributed by atoms with Gasteiger partial charge in [-0.05, 0) is 30.3 Å². The van der Waals surface area contributed by atoms with Gasteiger partial charge in [0.25, 0.3) is 5.69 Å². The van der Waals surface area contributed by atoms with Gasteiger partial charge in [0.05, 0.1) is 16.0 Å². The van der Waals surface area contributed by atoms with Crippen molar-refractivity contribution in [3.63, 3.8) is 0 Å². The van der Waals surface area contributed by atoms with Gasteiger partial charge in [-0.2, -0.15) is 0 Å². The molecule has 0 aliphatic carbocycles. The highest BCUT2D eigenvalue weighted by molar-refractivity contribution is 7.99. The lowest BCUT2D eigenvalue weighted by molar-refractivity contribution is -0.387. The molecule has 0 saturated heterocycles. The van der Waals surface area contributed by atoms with Gasteiger partial charge in [0.1, 0.15) is 6.61 Å². The molecule has 3 aromatic carbocycles. The number of nitro benzene ring substituents is 1. The summed E-state index contributed by atoms with van der Waals surface area (Å²) >= 11 is 13.3. The molecule has 3 rings (SSSR count). The van der Waals surface area contributed by atoms with E-state index in [-0.39, 0.29) is 12.3 Å². The van der Waals surface area contributed by atoms with Gasteiger partial charge in [0.15, 0.2) is 0 Å². The Labute approximate surface area is 176 Å². The van der Waals surface area contributed by atoms with Crippen LogP contribution in [0.3, 0.4) is 0 Å². The highest BCUT2D eigenvalue weighted by atomic mass is 35.5. The average Bonchev–Trinajstić information content (AvgIpc) is 2.68. The standard InChI is InChI=1S/C20H14Cl2N2O3S/c21-16-8-7-15(18(22)11-16)13-27-23-12-14-6-9-20(19(10-14)24(25)26)28-17-4-2-1-3-5-17/h1-12H,13H2/b23-12+. The van der Waals surface area contributed by atoms with Crippen LogP contribution in [0.4, 0.5) is 5.69 Å². The van der Waals surface area contributed by atoms with Gasteiger partial charge < -0.3 is 4.84 Å². The summed E-state index contributed by atoms with van der Waals surface area (Å²) in [6, 6.07) is 19.5. The first-order valence-electron chi connectivity index (χ1n) is 8.13. The molecule has 0 fully saturated rings. The normalized spacial score (nSPS) is 10.9. The summed E-state index contributed by atoms with van der Waals surface area (Å²) in [7, 11) is 0. The molecule has 3 aromatic rings. The number of hydrogen-bond acceptors (Lipinski definition) is 5. The number of rotatable bonds is 7. The molecule has 0 N–H and O–H groups in total. The molecule has 28 heavy (non-hydrogen) atoms. The third kappa shape index (κ3) is 5.48. The van der Waals surface area contributed by atoms with Gasteiger partial charge in [-0.15, -0.1) is 0 Å². The Hall–Kier alpha value is -2.54. The molecule has 5 nitrogen and oxygen atoms in total. The van der Waals surface area contributed by atoms with E-state index in [0.717, 1.165) is 10.5 Å². The summed E-state index contributed by atoms with van der Waals surface area (Å²) in [6.07, 6.45) is 1.42. The van der Waals surface area contributed by atoms with Crippen LogP contribution in [0.5, 0.6) is 0 Å². The smallest absolute Gasteiger partial charge is 0.283 e. The van der Waals surface area contributed by atoms with Crippen LogP contribution in [0.15, 0.2) is 81.7 Å². The predicted octanol–water partition coefficient (Wildman–Crippen LogP) is 6.60. The van der Waals surface area contributed by atoms with Crippen LogP contribution in [0.25, 0.3) is 0 Å². The van der Waals surface area contributed by atoms with Crippen molar-refractivity contribution >= 4 is 46.9 Å². The summed E-state index contributed by atoms with van der Waals surface area (Å²) in [5.74, 6) is 0. The van der Waals surface area contributed by atoms with Gasteiger partial charge in [-0.3, -0.25) is 10.1 Å². The lowest BCUT2D eigenvalue weighted by Gasteiger charge is -2.05. The maximum absolute atomic E-state index is 11.4. The van der Waals surface area contributed by atoms with E-state index in [4.69, 9.17) is 28.0 Å². The quantitative estimate of drug-likeness (QED) is 0.239. The van der Waals surface area contributed by atoms with Gasteiger partial charge in [0.2, 0.25) is 0 Å². The molecule has 0 aliphatic rings. The van der Waals surface area contributed by atoms with E-state index in [2.05, 4.69) is 5.16 Å². The lowest BCUT2D eigenvalue weighted by atomic mass is 10.2. The van der Waals surface area contributed by atoms with Crippen molar-refractivity contribution in [2.24, 2.45) is 5.16 Å². The molecule has 0 aliphatic heterocycles. The fourth-order valence-electron chi connectivity index (χ4n) is 2.30. The van der Waals surface area contributed by atoms with Crippen molar-refractivity contribution < 1.29 is 9.76 Å². The Kier molecular flexibility index (Phi) is 6.92. The first kappa shape index (κ1) is 20.2. The summed E-state index contributed by atoms with van der Waals surface area (Å²) in [4.78, 5) is 17.8. The first-order chi connectivity index (χ1) is 13.5. The van der Waals surface area contributed by atoms with Crippen LogP contribution in [0, 0.1) is 10.1 Å². The monoisotopic (exact) mass is 432 g/mol. The predicted molar refractivity (Wildman–Crippen MR) is 113 cm³/mol. The van der Waals surface area contributed by atoms with Gasteiger partial charge in [0, 0.05) is 32.1 Å². The molecule has 0 radical (unpaired) electrons. The Balaban J connectivity index is 1.69. The summed E-state index contributed by atoms with van der Waals surface area (Å²) in [5.41, 5.74) is 1.31. The van der Waals surface area contributed by atoms with Crippen molar-refractivity contribution in [2.75, 3.05) is 0 Å². The first-order valence-corrected chi connectivity index (χ1v) is 9.71. The Morgan fingerprint density at radius 3 is 2.57 bits per heavy atom. The molecular weight excluding hydrogens is 419 g/mol. The van der Waals surface area contributed by atoms with E-state index in [9.17, 15) is 10.1 Å². The number of nitrogens with zero attached hydrogens (tertiary/aromatic N) is 2. The second-order valence-corrected chi connectivity index (χ2v) is 7.60. The number of hydrogen-bond donors (Lipinski definition) is 0. The molecule has 0 amide bonds. The molecule has 0 unspecified atom stereocenters. The van der Waals surface area contributed by atoms with Crippen molar-refractivity contribution in [3.8, 4) is 0 Å². The second-order valence-electron chi connectivity index (χ2n) is 5.64. The van der Waals surface area contributed by atoms with Crippen LogP contribution in [0.2, 0.25) is 10.0 Å². The zero-order valence-electron chi connectivity index (χ0n) is 14.4. The minimum absolute atomic E-state index is 0.0125. The second kappa shape index (κ2) is 9.59. The Morgan fingerprint density at radius 1 is 1.07 bits per heavy atom. The van der Waals surface area contributed by atoms with E-state index in [1.165, 1.54) is 24.0 Å². The number of nitro groups is 1. The Morgan fingerprint density at radius 2 is 1.86 bits per heavy atom. The molecular formula is C20H14Cl2N2O3S. The minimum atomic E-state index is -0.406. The SMILES string of the molecule is O=[N+]([O-])c1cc(/C=N/OCc2ccc(Cl)cc2Cl)ccc1Sc1ccccc1. The van der Waals surface area contributed by atoms with Crippen LogP contribution >= 0.6 is 35.0 Å². The summed E-state index contributed by atoms with van der Waals surface area (Å²) in [5, 5.41) is 16.3. The molecule has 0 atom stereocenters. The fraction of sp³-hybridized carbons (Fsp3) is 0.0500. The molecule has 8 heteroatoms. The zero-order chi connectivity index (χ0) is 19.9. The maximum Gasteiger partial charge on any atom is 0.283 e. The number of oxime groups is 1. The fourth-order valence-corrected chi connectivity index (χ4v) is 3.69. The average molecular weight is 433 g/mol. The Bertz CT molecular complexity index is 1010. The molecule has 0 aromatic heterocycles. The van der Waals surface area contributed by atoms with E-state index in [1.54, 1.807) is 30.3 Å². The lowest BCUT2D eigenvalue weighted by Crippen LogP contribution is -1.94. The third-order valence-electron chi connectivity index (χ3n) is 3.66. The third-order valence-corrected chi connectivity index (χ3v) is 5.32. The molecule has 142 valence electrons. The van der Waals surface area contributed by atoms with Crippen LogP contribution in [0.1, 0.15) is 11.1 Å². The molecule has 0 heterocycles. The van der Waals surface area contributed by atoms with Crippen LogP contribution in [-0.2, 0) is 11.4 Å². The van der Waals surface area contributed by atoms with Crippen LogP contribution < -0.4 is 0 Å². The molecule has 0 spiro atoms. The van der Waals surface area contributed by atoms with Gasteiger partial charge >= 0.3 is 0 Å². The number of halogens is 2. The highest BCUT2D eigenvalue weighted by Crippen LogP contribution is 2.35. The van der Waals surface area contributed by atoms with E-state index < -0.39 is 4.92 Å². The minimum Gasteiger partial charge on any atom is -0.391 e. The summed E-state index contributed by atoms with van der Waals surface area (Å²) in [6.45, 7) is 0.163. The zero-order valence-corrected chi connectivity index (χ0v) is 16.7. The van der Waals surface area contributed by atoms with Crippen LogP contribution in [-0.4, -0.2) is 11.1 Å². The number of benzene rings is 3. The summed E-state index contributed by atoms with van der Waals surface area (Å²) < 4.78 is 0. The van der Waals surface area contributed by atoms with E-state index >= 15 is 0 Å². The van der Waals surface area contributed by atoms with Crippen molar-refractivity contribution in [1.82, 2.24) is 0 Å². The van der Waals surface area contributed by atoms with Gasteiger partial charge in [-0.1, -0.05) is 70.5 Å². The topological polar surface area (TPSA) is 64.7 Å². The van der Waals surface area contributed by atoms with E-state index in [0.29, 0.717) is 20.5 Å². The molecule has 0 bridgehead atoms. The maximum atomic E-state index is 11.4. The largest absolute Gasteiger partial charge is 0.391 e. The van der Waals surface area contributed by atoms with Crippen molar-refractivity contribution in [3.05, 3.63) is 98.0 Å². The van der Waals surface area contributed by atoms with E-state index in [1.807, 2.05) is 30.3 Å².